The first-order chi connectivity index (χ1) is 10.7. The minimum Gasteiger partial charge on any atom is -0.493 e. The molecule has 0 radical (unpaired) electrons. The van der Waals surface area contributed by atoms with Gasteiger partial charge in [-0.3, -0.25) is 4.79 Å². The van der Waals surface area contributed by atoms with Crippen LogP contribution < -0.4 is 8.92 Å². The van der Waals surface area contributed by atoms with E-state index in [4.69, 9.17) is 8.92 Å². The van der Waals surface area contributed by atoms with Crippen LogP contribution in [0, 0.1) is 12.7 Å². The van der Waals surface area contributed by atoms with Crippen LogP contribution in [-0.4, -0.2) is 21.3 Å². The van der Waals surface area contributed by atoms with E-state index in [1.54, 1.807) is 0 Å². The third kappa shape index (κ3) is 3.68. The maximum Gasteiger partial charge on any atom is 0.339 e. The van der Waals surface area contributed by atoms with Gasteiger partial charge in [-0.05, 0) is 49.7 Å². The molecule has 0 saturated heterocycles. The van der Waals surface area contributed by atoms with Crippen molar-refractivity contribution in [1.82, 2.24) is 0 Å². The quantitative estimate of drug-likeness (QED) is 0.619. The number of carbonyl (C=O) groups excluding carboxylic acids is 1. The molecule has 23 heavy (non-hydrogen) atoms. The first-order valence-electron chi connectivity index (χ1n) is 6.64. The molecule has 0 aliphatic carbocycles. The molecule has 0 aromatic heterocycles. The summed E-state index contributed by atoms with van der Waals surface area (Å²) >= 11 is 0. The summed E-state index contributed by atoms with van der Waals surface area (Å²) < 4.78 is 48.1. The summed E-state index contributed by atoms with van der Waals surface area (Å²) in [6.07, 6.45) is 0. The van der Waals surface area contributed by atoms with E-state index in [0.29, 0.717) is 11.1 Å². The van der Waals surface area contributed by atoms with Crippen LogP contribution in [-0.2, 0) is 10.1 Å². The zero-order valence-corrected chi connectivity index (χ0v) is 13.6. The van der Waals surface area contributed by atoms with Gasteiger partial charge in [0.25, 0.3) is 0 Å². The lowest BCUT2D eigenvalue weighted by atomic mass is 10.1. The van der Waals surface area contributed by atoms with E-state index in [0.717, 1.165) is 12.1 Å². The van der Waals surface area contributed by atoms with Crippen molar-refractivity contribution in [3.05, 3.63) is 53.3 Å². The molecule has 0 atom stereocenters. The topological polar surface area (TPSA) is 69.7 Å². The number of halogens is 1. The second kappa shape index (κ2) is 6.37. The Labute approximate surface area is 133 Å². The lowest BCUT2D eigenvalue weighted by Crippen LogP contribution is -2.12. The maximum absolute atomic E-state index is 13.3. The molecule has 2 aromatic carbocycles. The highest BCUT2D eigenvalue weighted by Crippen LogP contribution is 2.31. The number of ether oxygens (including phenoxy) is 1. The molecule has 2 rings (SSSR count). The molecule has 7 heteroatoms. The number of rotatable bonds is 5. The van der Waals surface area contributed by atoms with E-state index in [2.05, 4.69) is 0 Å². The first-order valence-corrected chi connectivity index (χ1v) is 8.05. The summed E-state index contributed by atoms with van der Waals surface area (Å²) in [5.41, 5.74) is 0.708. The van der Waals surface area contributed by atoms with E-state index in [9.17, 15) is 17.6 Å². The molecule has 0 N–H and O–H groups in total. The van der Waals surface area contributed by atoms with Gasteiger partial charge < -0.3 is 8.92 Å². The molecule has 0 fully saturated rings. The zero-order valence-electron chi connectivity index (χ0n) is 12.8. The largest absolute Gasteiger partial charge is 0.493 e. The molecule has 0 amide bonds. The fourth-order valence-corrected chi connectivity index (χ4v) is 3.14. The Morgan fingerprint density at radius 2 is 1.78 bits per heavy atom. The smallest absolute Gasteiger partial charge is 0.339 e. The van der Waals surface area contributed by atoms with Crippen molar-refractivity contribution in [2.75, 3.05) is 7.11 Å². The standard InChI is InChI=1S/C16H15FO5S/c1-10-4-6-13(17)9-16(10)23(19,20)22-14-7-5-12(11(2)18)8-15(14)21-3/h4-9H,1-3H3. The van der Waals surface area contributed by atoms with E-state index < -0.39 is 15.9 Å². The van der Waals surface area contributed by atoms with Crippen molar-refractivity contribution < 1.29 is 26.5 Å². The van der Waals surface area contributed by atoms with Crippen molar-refractivity contribution in [2.24, 2.45) is 0 Å². The zero-order chi connectivity index (χ0) is 17.2. The molecule has 0 aliphatic rings. The van der Waals surface area contributed by atoms with Gasteiger partial charge in [0.1, 0.15) is 10.7 Å². The van der Waals surface area contributed by atoms with Crippen LogP contribution in [0.3, 0.4) is 0 Å². The molecular weight excluding hydrogens is 323 g/mol. The number of ketones is 1. The van der Waals surface area contributed by atoms with E-state index in [-0.39, 0.29) is 22.2 Å². The van der Waals surface area contributed by atoms with Gasteiger partial charge in [0, 0.05) is 5.56 Å². The highest BCUT2D eigenvalue weighted by atomic mass is 32.2. The summed E-state index contributed by atoms with van der Waals surface area (Å²) in [6, 6.07) is 7.53. The Morgan fingerprint density at radius 1 is 1.09 bits per heavy atom. The molecule has 0 heterocycles. The molecule has 122 valence electrons. The minimum absolute atomic E-state index is 0.0823. The minimum atomic E-state index is -4.24. The molecule has 5 nitrogen and oxygen atoms in total. The third-order valence-electron chi connectivity index (χ3n) is 3.19. The van der Waals surface area contributed by atoms with Crippen LogP contribution in [0.1, 0.15) is 22.8 Å². The van der Waals surface area contributed by atoms with E-state index >= 15 is 0 Å². The number of carbonyl (C=O) groups is 1. The van der Waals surface area contributed by atoms with Gasteiger partial charge >= 0.3 is 10.1 Å². The SMILES string of the molecule is COc1cc(C(C)=O)ccc1OS(=O)(=O)c1cc(F)ccc1C. The first kappa shape index (κ1) is 17.0. The summed E-state index contributed by atoms with van der Waals surface area (Å²) in [7, 11) is -2.91. The molecule has 0 aliphatic heterocycles. The Kier molecular flexibility index (Phi) is 4.70. The van der Waals surface area contributed by atoms with Crippen LogP contribution >= 0.6 is 0 Å². The van der Waals surface area contributed by atoms with Gasteiger partial charge in [0.15, 0.2) is 17.3 Å². The fourth-order valence-electron chi connectivity index (χ4n) is 1.96. The average molecular weight is 338 g/mol. The van der Waals surface area contributed by atoms with Crippen molar-refractivity contribution in [2.45, 2.75) is 18.7 Å². The predicted molar refractivity (Wildman–Crippen MR) is 81.9 cm³/mol. The van der Waals surface area contributed by atoms with Gasteiger partial charge in [0.05, 0.1) is 7.11 Å². The summed E-state index contributed by atoms with van der Waals surface area (Å²) in [5.74, 6) is -0.869. The van der Waals surface area contributed by atoms with E-state index in [1.165, 1.54) is 45.2 Å². The molecule has 2 aromatic rings. The Morgan fingerprint density at radius 3 is 2.39 bits per heavy atom. The van der Waals surface area contributed by atoms with Crippen LogP contribution in [0.5, 0.6) is 11.5 Å². The van der Waals surface area contributed by atoms with Crippen LogP contribution in [0.2, 0.25) is 0 Å². The Balaban J connectivity index is 2.45. The van der Waals surface area contributed by atoms with Crippen molar-refractivity contribution in [1.29, 1.82) is 0 Å². The van der Waals surface area contributed by atoms with Crippen LogP contribution in [0.4, 0.5) is 4.39 Å². The van der Waals surface area contributed by atoms with Crippen LogP contribution in [0.25, 0.3) is 0 Å². The normalized spacial score (nSPS) is 11.1. The van der Waals surface area contributed by atoms with Gasteiger partial charge in [-0.15, -0.1) is 0 Å². The lowest BCUT2D eigenvalue weighted by Gasteiger charge is -2.12. The van der Waals surface area contributed by atoms with Gasteiger partial charge in [-0.2, -0.15) is 8.42 Å². The third-order valence-corrected chi connectivity index (χ3v) is 4.57. The number of aryl methyl sites for hydroxylation is 1. The molecule has 0 spiro atoms. The van der Waals surface area contributed by atoms with Crippen molar-refractivity contribution in [3.8, 4) is 11.5 Å². The van der Waals surface area contributed by atoms with Crippen molar-refractivity contribution in [3.63, 3.8) is 0 Å². The van der Waals surface area contributed by atoms with Gasteiger partial charge in [0.2, 0.25) is 0 Å². The lowest BCUT2D eigenvalue weighted by molar-refractivity contribution is 0.101. The highest BCUT2D eigenvalue weighted by Gasteiger charge is 2.22. The van der Waals surface area contributed by atoms with Crippen LogP contribution in [0.15, 0.2) is 41.3 Å². The van der Waals surface area contributed by atoms with Gasteiger partial charge in [-0.1, -0.05) is 6.07 Å². The molecule has 0 bridgehead atoms. The monoisotopic (exact) mass is 338 g/mol. The molecule has 0 unspecified atom stereocenters. The Hall–Kier alpha value is -2.41. The maximum atomic E-state index is 13.3. The second-order valence-corrected chi connectivity index (χ2v) is 6.38. The molecule has 0 saturated carbocycles. The van der Waals surface area contributed by atoms with Gasteiger partial charge in [-0.25, -0.2) is 4.39 Å². The number of methoxy groups -OCH3 is 1. The number of hydrogen-bond acceptors (Lipinski definition) is 5. The van der Waals surface area contributed by atoms with Crippen molar-refractivity contribution >= 4 is 15.9 Å². The number of hydrogen-bond donors (Lipinski definition) is 0. The summed E-state index contributed by atoms with van der Waals surface area (Å²) in [5, 5.41) is 0. The summed E-state index contributed by atoms with van der Waals surface area (Å²) in [4.78, 5) is 11.1. The Bertz CT molecular complexity index is 859. The predicted octanol–water partition coefficient (Wildman–Crippen LogP) is 3.11. The number of Topliss-reactive ketones (excluding diaryl/α,β-unsaturated/α-hetero) is 1. The number of benzene rings is 2. The van der Waals surface area contributed by atoms with E-state index in [1.807, 2.05) is 0 Å². The summed E-state index contributed by atoms with van der Waals surface area (Å²) in [6.45, 7) is 2.91. The molecular formula is C16H15FO5S. The fraction of sp³-hybridized carbons (Fsp3) is 0.188. The highest BCUT2D eigenvalue weighted by molar-refractivity contribution is 7.87. The average Bonchev–Trinajstić information content (AvgIpc) is 2.49. The second-order valence-electron chi connectivity index (χ2n) is 4.87.